The summed E-state index contributed by atoms with van der Waals surface area (Å²) in [6, 6.07) is 0.137. The van der Waals surface area contributed by atoms with Crippen molar-refractivity contribution >= 4 is 10.0 Å². The molecule has 1 saturated carbocycles. The van der Waals surface area contributed by atoms with Crippen molar-refractivity contribution in [2.75, 3.05) is 19.4 Å². The summed E-state index contributed by atoms with van der Waals surface area (Å²) in [4.78, 5) is 0. The van der Waals surface area contributed by atoms with Crippen LogP contribution in [0.15, 0.2) is 0 Å². The largest absolute Gasteiger partial charge is 0.395 e. The van der Waals surface area contributed by atoms with Crippen LogP contribution in [0.2, 0.25) is 0 Å². The van der Waals surface area contributed by atoms with Gasteiger partial charge in [0.25, 0.3) is 0 Å². The summed E-state index contributed by atoms with van der Waals surface area (Å²) in [5.74, 6) is 0.561. The van der Waals surface area contributed by atoms with Crippen molar-refractivity contribution in [2.45, 2.75) is 38.6 Å². The van der Waals surface area contributed by atoms with Gasteiger partial charge in [0.15, 0.2) is 0 Å². The van der Waals surface area contributed by atoms with Crippen molar-refractivity contribution in [1.82, 2.24) is 4.31 Å². The first-order valence-corrected chi connectivity index (χ1v) is 7.15. The van der Waals surface area contributed by atoms with Crippen LogP contribution < -0.4 is 0 Å². The molecule has 0 aromatic carbocycles. The molecule has 4 nitrogen and oxygen atoms in total. The van der Waals surface area contributed by atoms with Gasteiger partial charge in [0, 0.05) is 13.1 Å². The van der Waals surface area contributed by atoms with E-state index >= 15 is 0 Å². The number of aliphatic hydroxyl groups excluding tert-OH is 1. The van der Waals surface area contributed by atoms with Crippen LogP contribution in [0.4, 0.5) is 0 Å². The van der Waals surface area contributed by atoms with Gasteiger partial charge in [-0.2, -0.15) is 0 Å². The molecule has 1 N–H and O–H groups in total. The van der Waals surface area contributed by atoms with E-state index in [4.69, 9.17) is 5.11 Å². The summed E-state index contributed by atoms with van der Waals surface area (Å²) < 4.78 is 24.8. The molecule has 0 radical (unpaired) electrons. The summed E-state index contributed by atoms with van der Waals surface area (Å²) >= 11 is 0. The molecule has 1 fully saturated rings. The van der Waals surface area contributed by atoms with Gasteiger partial charge in [0.2, 0.25) is 10.0 Å². The molecule has 0 spiro atoms. The molecule has 0 heterocycles. The van der Waals surface area contributed by atoms with Crippen LogP contribution in [0.5, 0.6) is 0 Å². The van der Waals surface area contributed by atoms with Crippen LogP contribution in [0.1, 0.15) is 32.6 Å². The fraction of sp³-hybridized carbons (Fsp3) is 1.00. The number of hydrogen-bond donors (Lipinski definition) is 1. The number of aliphatic hydroxyl groups is 1. The highest BCUT2D eigenvalue weighted by molar-refractivity contribution is 7.89. The molecule has 0 aliphatic heterocycles. The molecule has 0 unspecified atom stereocenters. The van der Waals surface area contributed by atoms with Crippen molar-refractivity contribution in [2.24, 2.45) is 5.92 Å². The molecule has 0 amide bonds. The summed E-state index contributed by atoms with van der Waals surface area (Å²) in [6.45, 7) is 1.91. The van der Waals surface area contributed by atoms with E-state index in [9.17, 15) is 8.42 Å². The number of hydrogen-bond acceptors (Lipinski definition) is 3. The minimum Gasteiger partial charge on any atom is -0.395 e. The number of sulfonamides is 1. The van der Waals surface area contributed by atoms with Gasteiger partial charge in [0.05, 0.1) is 12.4 Å². The average molecular weight is 235 g/mol. The van der Waals surface area contributed by atoms with Gasteiger partial charge in [-0.25, -0.2) is 12.7 Å². The molecule has 0 saturated heterocycles. The molecular weight excluding hydrogens is 214 g/mol. The molecule has 1 aliphatic rings. The van der Waals surface area contributed by atoms with E-state index < -0.39 is 10.0 Å². The minimum absolute atomic E-state index is 0.137. The summed E-state index contributed by atoms with van der Waals surface area (Å²) in [6.07, 6.45) is 4.10. The first-order chi connectivity index (χ1) is 6.97. The Morgan fingerprint density at radius 2 is 1.80 bits per heavy atom. The molecule has 0 aromatic rings. The summed E-state index contributed by atoms with van der Waals surface area (Å²) in [7, 11) is -1.61. The zero-order valence-electron chi connectivity index (χ0n) is 9.52. The lowest BCUT2D eigenvalue weighted by Gasteiger charge is -2.32. The molecule has 1 rings (SSSR count). The summed E-state index contributed by atoms with van der Waals surface area (Å²) in [5.41, 5.74) is 0. The topological polar surface area (TPSA) is 57.6 Å². The minimum atomic E-state index is -3.24. The van der Waals surface area contributed by atoms with Crippen molar-refractivity contribution in [3.63, 3.8) is 0 Å². The van der Waals surface area contributed by atoms with Crippen LogP contribution in [0.25, 0.3) is 0 Å². The lowest BCUT2D eigenvalue weighted by atomic mass is 9.87. The SMILES string of the molecule is CC1CCC(N(C)S(=O)(=O)CCO)CC1. The Morgan fingerprint density at radius 1 is 1.27 bits per heavy atom. The third-order valence-electron chi connectivity index (χ3n) is 3.29. The Balaban J connectivity index is 2.57. The van der Waals surface area contributed by atoms with E-state index in [-0.39, 0.29) is 18.4 Å². The fourth-order valence-electron chi connectivity index (χ4n) is 2.09. The average Bonchev–Trinajstić information content (AvgIpc) is 2.18. The maximum absolute atomic E-state index is 11.7. The highest BCUT2D eigenvalue weighted by Crippen LogP contribution is 2.27. The quantitative estimate of drug-likeness (QED) is 0.785. The Kier molecular flexibility index (Phi) is 4.55. The Bertz CT molecular complexity index is 281. The standard InChI is InChI=1S/C10H21NO3S/c1-9-3-5-10(6-4-9)11(2)15(13,14)8-7-12/h9-10,12H,3-8H2,1-2H3. The zero-order valence-corrected chi connectivity index (χ0v) is 10.3. The van der Waals surface area contributed by atoms with Crippen LogP contribution in [0, 0.1) is 5.92 Å². The van der Waals surface area contributed by atoms with E-state index in [1.165, 1.54) is 4.31 Å². The second-order valence-electron chi connectivity index (χ2n) is 4.47. The fourth-order valence-corrected chi connectivity index (χ4v) is 3.28. The van der Waals surface area contributed by atoms with Gasteiger partial charge in [-0.1, -0.05) is 6.92 Å². The van der Waals surface area contributed by atoms with Crippen molar-refractivity contribution in [3.8, 4) is 0 Å². The van der Waals surface area contributed by atoms with E-state index in [1.54, 1.807) is 7.05 Å². The van der Waals surface area contributed by atoms with Crippen LogP contribution >= 0.6 is 0 Å². The van der Waals surface area contributed by atoms with Gasteiger partial charge in [-0.3, -0.25) is 0 Å². The number of nitrogens with zero attached hydrogens (tertiary/aromatic N) is 1. The highest BCUT2D eigenvalue weighted by Gasteiger charge is 2.28. The molecule has 5 heteroatoms. The highest BCUT2D eigenvalue weighted by atomic mass is 32.2. The van der Waals surface area contributed by atoms with E-state index in [1.807, 2.05) is 0 Å². The van der Waals surface area contributed by atoms with Gasteiger partial charge in [-0.15, -0.1) is 0 Å². The molecule has 0 aromatic heterocycles. The predicted octanol–water partition coefficient (Wildman–Crippen LogP) is 0.819. The first kappa shape index (κ1) is 12.9. The van der Waals surface area contributed by atoms with E-state index in [0.29, 0.717) is 0 Å². The Morgan fingerprint density at radius 3 is 2.27 bits per heavy atom. The van der Waals surface area contributed by atoms with Crippen molar-refractivity contribution < 1.29 is 13.5 Å². The van der Waals surface area contributed by atoms with Crippen LogP contribution in [-0.4, -0.2) is 43.3 Å². The first-order valence-electron chi connectivity index (χ1n) is 5.54. The molecule has 0 atom stereocenters. The van der Waals surface area contributed by atoms with Gasteiger partial charge < -0.3 is 5.11 Å². The predicted molar refractivity (Wildman–Crippen MR) is 60.1 cm³/mol. The maximum Gasteiger partial charge on any atom is 0.216 e. The third-order valence-corrected chi connectivity index (χ3v) is 5.16. The molecule has 90 valence electrons. The molecule has 0 bridgehead atoms. The maximum atomic E-state index is 11.7. The zero-order chi connectivity index (χ0) is 11.5. The number of rotatable bonds is 4. The van der Waals surface area contributed by atoms with Gasteiger partial charge >= 0.3 is 0 Å². The second-order valence-corrected chi connectivity index (χ2v) is 6.62. The lowest BCUT2D eigenvalue weighted by Crippen LogP contribution is -2.40. The third kappa shape index (κ3) is 3.43. The van der Waals surface area contributed by atoms with Crippen LogP contribution in [-0.2, 0) is 10.0 Å². The van der Waals surface area contributed by atoms with Crippen molar-refractivity contribution in [1.29, 1.82) is 0 Å². The summed E-state index contributed by atoms with van der Waals surface area (Å²) in [5, 5.41) is 8.69. The molecule has 15 heavy (non-hydrogen) atoms. The van der Waals surface area contributed by atoms with Crippen molar-refractivity contribution in [3.05, 3.63) is 0 Å². The van der Waals surface area contributed by atoms with Crippen LogP contribution in [0.3, 0.4) is 0 Å². The van der Waals surface area contributed by atoms with E-state index in [0.717, 1.165) is 31.6 Å². The van der Waals surface area contributed by atoms with Gasteiger partial charge in [-0.05, 0) is 31.6 Å². The monoisotopic (exact) mass is 235 g/mol. The molecule has 1 aliphatic carbocycles. The Hall–Kier alpha value is -0.130. The second kappa shape index (κ2) is 5.27. The molecular formula is C10H21NO3S. The smallest absolute Gasteiger partial charge is 0.216 e. The lowest BCUT2D eigenvalue weighted by molar-refractivity contribution is 0.243. The van der Waals surface area contributed by atoms with Gasteiger partial charge in [0.1, 0.15) is 0 Å². The Labute approximate surface area is 92.3 Å². The normalized spacial score (nSPS) is 28.3. The van der Waals surface area contributed by atoms with E-state index in [2.05, 4.69) is 6.92 Å².